The molecule has 1 aromatic heterocycles. The number of hydrogen-bond acceptors (Lipinski definition) is 5. The lowest BCUT2D eigenvalue weighted by Gasteiger charge is -2.20. The molecular formula is C16H19N5O3. The van der Waals surface area contributed by atoms with Crippen LogP contribution in [0.4, 0.5) is 11.5 Å². The van der Waals surface area contributed by atoms with Gasteiger partial charge in [0.2, 0.25) is 5.91 Å². The summed E-state index contributed by atoms with van der Waals surface area (Å²) in [4.78, 5) is 21.5. The predicted molar refractivity (Wildman–Crippen MR) is 88.7 cm³/mol. The Hall–Kier alpha value is -2.74. The number of hydrogen-bond donors (Lipinski definition) is 2. The predicted octanol–water partition coefficient (Wildman–Crippen LogP) is 2.03. The molecule has 1 amide bonds. The molecule has 2 heterocycles. The van der Waals surface area contributed by atoms with Gasteiger partial charge in [-0.2, -0.15) is 4.68 Å². The molecule has 1 atom stereocenters. The third kappa shape index (κ3) is 3.60. The first-order valence-corrected chi connectivity index (χ1v) is 7.87. The zero-order valence-electron chi connectivity index (χ0n) is 13.4. The van der Waals surface area contributed by atoms with Gasteiger partial charge in [0.25, 0.3) is 0 Å². The zero-order chi connectivity index (χ0) is 17.1. The van der Waals surface area contributed by atoms with Crippen molar-refractivity contribution in [3.63, 3.8) is 0 Å². The average molecular weight is 329 g/mol. The molecule has 0 saturated heterocycles. The molecule has 2 aromatic rings. The van der Waals surface area contributed by atoms with E-state index >= 15 is 0 Å². The Balaban J connectivity index is 1.56. The van der Waals surface area contributed by atoms with Crippen molar-refractivity contribution in [3.8, 4) is 0 Å². The molecular weight excluding hydrogens is 310 g/mol. The van der Waals surface area contributed by atoms with Gasteiger partial charge in [-0.3, -0.25) is 4.79 Å². The fraction of sp³-hybridized carbons (Fsp3) is 0.375. The smallest absolute Gasteiger partial charge is 0.358 e. The maximum atomic E-state index is 11.4. The summed E-state index contributed by atoms with van der Waals surface area (Å²) in [6, 6.07) is 7.59. The highest BCUT2D eigenvalue weighted by Gasteiger charge is 2.16. The summed E-state index contributed by atoms with van der Waals surface area (Å²) in [7, 11) is 0. The third-order valence-electron chi connectivity index (χ3n) is 4.13. The number of carbonyl (C=O) groups excluding carboxylic acids is 1. The minimum absolute atomic E-state index is 0.0646. The molecule has 8 heteroatoms. The Labute approximate surface area is 139 Å². The topological polar surface area (TPSA) is 102 Å². The van der Waals surface area contributed by atoms with E-state index in [9.17, 15) is 14.9 Å². The van der Waals surface area contributed by atoms with Gasteiger partial charge >= 0.3 is 5.82 Å². The van der Waals surface area contributed by atoms with Crippen molar-refractivity contribution in [1.82, 2.24) is 15.1 Å². The minimum atomic E-state index is -0.502. The van der Waals surface area contributed by atoms with Gasteiger partial charge in [-0.1, -0.05) is 12.1 Å². The van der Waals surface area contributed by atoms with Gasteiger partial charge < -0.3 is 20.7 Å². The van der Waals surface area contributed by atoms with Crippen LogP contribution in [0.3, 0.4) is 0 Å². The van der Waals surface area contributed by atoms with Crippen molar-refractivity contribution < 1.29 is 9.72 Å². The Morgan fingerprint density at radius 3 is 3.00 bits per heavy atom. The van der Waals surface area contributed by atoms with E-state index in [1.807, 2.05) is 12.1 Å². The molecule has 0 fully saturated rings. The monoisotopic (exact) mass is 329 g/mol. The van der Waals surface area contributed by atoms with Crippen LogP contribution in [0.25, 0.3) is 0 Å². The quantitative estimate of drug-likeness (QED) is 0.623. The number of nitrogens with one attached hydrogen (secondary N) is 2. The Kier molecular flexibility index (Phi) is 4.57. The number of anilines is 1. The molecule has 0 aliphatic carbocycles. The number of rotatable bonds is 6. The SMILES string of the molecule is CC(NCCn1ccc([N+](=O)[O-])n1)c1ccc2c(c1)CCC(=O)N2. The Bertz CT molecular complexity index is 771. The molecule has 0 saturated carbocycles. The lowest BCUT2D eigenvalue weighted by Crippen LogP contribution is -2.24. The molecule has 0 bridgehead atoms. The van der Waals surface area contributed by atoms with Crippen LogP contribution in [-0.2, 0) is 17.8 Å². The molecule has 126 valence electrons. The first-order valence-electron chi connectivity index (χ1n) is 7.87. The summed E-state index contributed by atoms with van der Waals surface area (Å²) in [6.45, 7) is 3.27. The van der Waals surface area contributed by atoms with Crippen molar-refractivity contribution in [1.29, 1.82) is 0 Å². The van der Waals surface area contributed by atoms with E-state index in [1.165, 1.54) is 6.07 Å². The second-order valence-corrected chi connectivity index (χ2v) is 5.83. The first kappa shape index (κ1) is 16.1. The lowest BCUT2D eigenvalue weighted by atomic mass is 9.98. The molecule has 8 nitrogen and oxygen atoms in total. The second-order valence-electron chi connectivity index (χ2n) is 5.83. The fourth-order valence-electron chi connectivity index (χ4n) is 2.76. The van der Waals surface area contributed by atoms with Crippen molar-refractivity contribution in [2.75, 3.05) is 11.9 Å². The van der Waals surface area contributed by atoms with Gasteiger partial charge in [0.15, 0.2) is 0 Å². The van der Waals surface area contributed by atoms with Gasteiger partial charge in [-0.15, -0.1) is 0 Å². The van der Waals surface area contributed by atoms with Crippen molar-refractivity contribution >= 4 is 17.4 Å². The summed E-state index contributed by atoms with van der Waals surface area (Å²) in [5.74, 6) is -0.0745. The minimum Gasteiger partial charge on any atom is -0.358 e. The molecule has 1 unspecified atom stereocenters. The molecule has 1 aliphatic rings. The number of fused-ring (bicyclic) bond motifs is 1. The van der Waals surface area contributed by atoms with Gasteiger partial charge in [0, 0.05) is 24.7 Å². The number of nitro groups is 1. The van der Waals surface area contributed by atoms with Crippen LogP contribution in [0, 0.1) is 10.1 Å². The second kappa shape index (κ2) is 6.79. The van der Waals surface area contributed by atoms with Gasteiger partial charge in [0.05, 0.1) is 23.9 Å². The van der Waals surface area contributed by atoms with Crippen LogP contribution >= 0.6 is 0 Å². The Morgan fingerprint density at radius 2 is 2.25 bits per heavy atom. The maximum Gasteiger partial charge on any atom is 0.389 e. The van der Waals surface area contributed by atoms with E-state index in [0.29, 0.717) is 19.5 Å². The summed E-state index contributed by atoms with van der Waals surface area (Å²) in [6.07, 6.45) is 2.89. The zero-order valence-corrected chi connectivity index (χ0v) is 13.4. The van der Waals surface area contributed by atoms with E-state index < -0.39 is 4.92 Å². The summed E-state index contributed by atoms with van der Waals surface area (Å²) in [5, 5.41) is 20.7. The van der Waals surface area contributed by atoms with Crippen LogP contribution < -0.4 is 10.6 Å². The van der Waals surface area contributed by atoms with Gasteiger partial charge in [-0.25, -0.2) is 0 Å². The highest BCUT2D eigenvalue weighted by atomic mass is 16.6. The standard InChI is InChI=1S/C16H19N5O3/c1-11(17-7-9-20-8-6-15(19-20)21(23)24)12-2-4-14-13(10-12)3-5-16(22)18-14/h2,4,6,8,10-11,17H,3,5,7,9H2,1H3,(H,18,22). The van der Waals surface area contributed by atoms with E-state index in [4.69, 9.17) is 0 Å². The fourth-order valence-corrected chi connectivity index (χ4v) is 2.76. The highest BCUT2D eigenvalue weighted by molar-refractivity contribution is 5.93. The average Bonchev–Trinajstić information content (AvgIpc) is 3.03. The van der Waals surface area contributed by atoms with Crippen LogP contribution in [0.2, 0.25) is 0 Å². The molecule has 1 aliphatic heterocycles. The molecule has 0 radical (unpaired) electrons. The molecule has 1 aromatic carbocycles. The van der Waals surface area contributed by atoms with Crippen molar-refractivity contribution in [3.05, 3.63) is 51.7 Å². The Morgan fingerprint density at radius 1 is 1.42 bits per heavy atom. The first-order chi connectivity index (χ1) is 11.5. The van der Waals surface area contributed by atoms with Crippen LogP contribution in [0.1, 0.15) is 30.5 Å². The van der Waals surface area contributed by atoms with Gasteiger partial charge in [-0.05, 0) is 35.5 Å². The van der Waals surface area contributed by atoms with Crippen molar-refractivity contribution in [2.45, 2.75) is 32.4 Å². The number of carbonyl (C=O) groups is 1. The van der Waals surface area contributed by atoms with E-state index in [1.54, 1.807) is 10.9 Å². The van der Waals surface area contributed by atoms with E-state index in [0.717, 1.165) is 23.2 Å². The largest absolute Gasteiger partial charge is 0.389 e. The summed E-state index contributed by atoms with van der Waals surface area (Å²) >= 11 is 0. The third-order valence-corrected chi connectivity index (χ3v) is 4.13. The number of amides is 1. The number of aromatic nitrogens is 2. The number of nitrogens with zero attached hydrogens (tertiary/aromatic N) is 3. The van der Waals surface area contributed by atoms with Crippen molar-refractivity contribution in [2.24, 2.45) is 0 Å². The molecule has 2 N–H and O–H groups in total. The normalized spacial score (nSPS) is 14.8. The van der Waals surface area contributed by atoms with Crippen LogP contribution in [0.5, 0.6) is 0 Å². The van der Waals surface area contributed by atoms with Crippen LogP contribution in [-0.4, -0.2) is 27.2 Å². The van der Waals surface area contributed by atoms with Gasteiger partial charge in [0.1, 0.15) is 0 Å². The summed E-state index contributed by atoms with van der Waals surface area (Å²) < 4.78 is 1.56. The number of benzene rings is 1. The number of aryl methyl sites for hydroxylation is 1. The molecule has 0 spiro atoms. The van der Waals surface area contributed by atoms with Crippen LogP contribution in [0.15, 0.2) is 30.5 Å². The van der Waals surface area contributed by atoms with E-state index in [-0.39, 0.29) is 17.8 Å². The maximum absolute atomic E-state index is 11.4. The lowest BCUT2D eigenvalue weighted by molar-refractivity contribution is -0.389. The molecule has 24 heavy (non-hydrogen) atoms. The summed E-state index contributed by atoms with van der Waals surface area (Å²) in [5.41, 5.74) is 3.20. The highest BCUT2D eigenvalue weighted by Crippen LogP contribution is 2.26. The molecule has 3 rings (SSSR count). The van der Waals surface area contributed by atoms with E-state index in [2.05, 4.69) is 28.7 Å².